The normalized spacial score (nSPS) is 11.0. The molecule has 7 heteroatoms. The number of carboxylic acid groups (broad SMARTS) is 1. The fourth-order valence-electron chi connectivity index (χ4n) is 3.51. The van der Waals surface area contributed by atoms with Crippen LogP contribution in [0.2, 0.25) is 0 Å². The zero-order chi connectivity index (χ0) is 21.8. The summed E-state index contributed by atoms with van der Waals surface area (Å²) in [6.45, 7) is 8.93. The van der Waals surface area contributed by atoms with Gasteiger partial charge in [-0.25, -0.2) is 4.98 Å². The fraction of sp³-hybridized carbons (Fsp3) is 0.391. The highest BCUT2D eigenvalue weighted by molar-refractivity contribution is 5.68. The average molecular weight is 409 g/mol. The van der Waals surface area contributed by atoms with Crippen molar-refractivity contribution >= 4 is 11.8 Å². The van der Waals surface area contributed by atoms with Gasteiger partial charge in [-0.05, 0) is 74.6 Å². The first-order valence-corrected chi connectivity index (χ1v) is 10.2. The highest BCUT2D eigenvalue weighted by Crippen LogP contribution is 2.28. The topological polar surface area (TPSA) is 92.4 Å². The predicted octanol–water partition coefficient (Wildman–Crippen LogP) is 4.45. The van der Waals surface area contributed by atoms with Crippen LogP contribution in [0.1, 0.15) is 42.7 Å². The van der Waals surface area contributed by atoms with E-state index in [1.807, 2.05) is 45.2 Å². The van der Waals surface area contributed by atoms with Gasteiger partial charge >= 0.3 is 5.97 Å². The van der Waals surface area contributed by atoms with Crippen molar-refractivity contribution in [3.8, 4) is 22.8 Å². The molecule has 0 saturated carbocycles. The quantitative estimate of drug-likeness (QED) is 0.588. The maximum absolute atomic E-state index is 11.0. The molecule has 1 aromatic carbocycles. The van der Waals surface area contributed by atoms with Gasteiger partial charge in [-0.1, -0.05) is 12.1 Å². The van der Waals surface area contributed by atoms with Gasteiger partial charge in [0.25, 0.3) is 5.89 Å². The summed E-state index contributed by atoms with van der Waals surface area (Å²) in [6.07, 6.45) is 1.45. The van der Waals surface area contributed by atoms with Crippen molar-refractivity contribution in [1.29, 1.82) is 0 Å². The largest absolute Gasteiger partial charge is 0.481 e. The molecular formula is C23H28N4O3. The lowest BCUT2D eigenvalue weighted by Gasteiger charge is -2.16. The zero-order valence-corrected chi connectivity index (χ0v) is 18.2. The highest BCUT2D eigenvalue weighted by atomic mass is 16.5. The molecule has 3 rings (SSSR count). The average Bonchev–Trinajstić information content (AvgIpc) is 3.21. The van der Waals surface area contributed by atoms with E-state index >= 15 is 0 Å². The number of nitrogens with zero attached hydrogens (tertiary/aromatic N) is 4. The van der Waals surface area contributed by atoms with E-state index in [4.69, 9.17) is 9.63 Å². The van der Waals surface area contributed by atoms with E-state index in [1.54, 1.807) is 0 Å². The number of aliphatic carboxylic acids is 1. The Morgan fingerprint density at radius 2 is 1.87 bits per heavy atom. The molecule has 7 nitrogen and oxygen atoms in total. The lowest BCUT2D eigenvalue weighted by Crippen LogP contribution is -2.17. The number of anilines is 1. The number of hydrogen-bond donors (Lipinski definition) is 1. The van der Waals surface area contributed by atoms with Gasteiger partial charge in [0.1, 0.15) is 5.82 Å². The monoisotopic (exact) mass is 408 g/mol. The van der Waals surface area contributed by atoms with Crippen LogP contribution in [0.5, 0.6) is 0 Å². The Morgan fingerprint density at radius 1 is 1.10 bits per heavy atom. The third-order valence-electron chi connectivity index (χ3n) is 5.27. The number of benzene rings is 1. The molecule has 1 N–H and O–H groups in total. The number of pyridine rings is 1. The van der Waals surface area contributed by atoms with E-state index in [9.17, 15) is 4.79 Å². The van der Waals surface area contributed by atoms with E-state index in [2.05, 4.69) is 33.9 Å². The summed E-state index contributed by atoms with van der Waals surface area (Å²) in [6, 6.07) is 7.92. The van der Waals surface area contributed by atoms with E-state index in [0.29, 0.717) is 18.1 Å². The molecule has 2 heterocycles. The van der Waals surface area contributed by atoms with Gasteiger partial charge in [-0.3, -0.25) is 4.79 Å². The van der Waals surface area contributed by atoms with Crippen molar-refractivity contribution in [2.75, 3.05) is 18.5 Å². The van der Waals surface area contributed by atoms with Gasteiger partial charge in [0, 0.05) is 36.8 Å². The standard InChI is InChI=1S/C23H28N4O3/c1-6-16-12-17(10-14(3)19(16)8-9-21(28)29)22-25-23(30-26-22)18-11-15(4)24-20(13-18)27(5)7-2/h10-13H,6-9H2,1-5H3,(H,28,29). The molecule has 30 heavy (non-hydrogen) atoms. The lowest BCUT2D eigenvalue weighted by atomic mass is 9.93. The number of carboxylic acids is 1. The molecule has 0 saturated heterocycles. The van der Waals surface area contributed by atoms with Gasteiger partial charge in [-0.2, -0.15) is 4.98 Å². The molecule has 0 fully saturated rings. The second-order valence-corrected chi connectivity index (χ2v) is 7.47. The Kier molecular flexibility index (Phi) is 6.50. The molecule has 0 atom stereocenters. The number of carbonyl (C=O) groups is 1. The van der Waals surface area contributed by atoms with Crippen LogP contribution in [0, 0.1) is 13.8 Å². The van der Waals surface area contributed by atoms with Crippen molar-refractivity contribution in [2.24, 2.45) is 0 Å². The van der Waals surface area contributed by atoms with Crippen LogP contribution < -0.4 is 4.90 Å². The lowest BCUT2D eigenvalue weighted by molar-refractivity contribution is -0.136. The van der Waals surface area contributed by atoms with Gasteiger partial charge in [0.2, 0.25) is 5.82 Å². The molecule has 0 spiro atoms. The van der Waals surface area contributed by atoms with Gasteiger partial charge < -0.3 is 14.5 Å². The predicted molar refractivity (Wildman–Crippen MR) is 117 cm³/mol. The van der Waals surface area contributed by atoms with Crippen LogP contribution in [0.4, 0.5) is 5.82 Å². The summed E-state index contributed by atoms with van der Waals surface area (Å²) in [4.78, 5) is 22.2. The SMILES string of the molecule is CCc1cc(-c2noc(-c3cc(C)nc(N(C)CC)c3)n2)cc(C)c1CCC(=O)O. The molecule has 3 aromatic rings. The van der Waals surface area contributed by atoms with E-state index in [-0.39, 0.29) is 6.42 Å². The molecule has 0 aliphatic rings. The molecule has 0 radical (unpaired) electrons. The van der Waals surface area contributed by atoms with Crippen LogP contribution >= 0.6 is 0 Å². The van der Waals surface area contributed by atoms with E-state index in [1.165, 1.54) is 0 Å². The van der Waals surface area contributed by atoms with Gasteiger partial charge in [0.05, 0.1) is 0 Å². The van der Waals surface area contributed by atoms with Crippen molar-refractivity contribution < 1.29 is 14.4 Å². The molecule has 0 bridgehead atoms. The number of rotatable bonds is 8. The minimum atomic E-state index is -0.788. The number of aromatic nitrogens is 3. The summed E-state index contributed by atoms with van der Waals surface area (Å²) < 4.78 is 5.57. The fourth-order valence-corrected chi connectivity index (χ4v) is 3.51. The third-order valence-corrected chi connectivity index (χ3v) is 5.27. The van der Waals surface area contributed by atoms with Crippen molar-refractivity contribution in [3.05, 3.63) is 46.6 Å². The minimum Gasteiger partial charge on any atom is -0.481 e. The summed E-state index contributed by atoms with van der Waals surface area (Å²) in [5.74, 6) is 1.04. The Bertz CT molecular complexity index is 1060. The minimum absolute atomic E-state index is 0.121. The Labute approximate surface area is 176 Å². The van der Waals surface area contributed by atoms with Crippen LogP contribution in [0.25, 0.3) is 22.8 Å². The van der Waals surface area contributed by atoms with Crippen LogP contribution in [-0.4, -0.2) is 39.8 Å². The maximum Gasteiger partial charge on any atom is 0.303 e. The first kappa shape index (κ1) is 21.5. The van der Waals surface area contributed by atoms with E-state index < -0.39 is 5.97 Å². The van der Waals surface area contributed by atoms with Gasteiger partial charge in [0.15, 0.2) is 0 Å². The molecule has 0 aliphatic heterocycles. The van der Waals surface area contributed by atoms with Crippen LogP contribution in [0.3, 0.4) is 0 Å². The highest BCUT2D eigenvalue weighted by Gasteiger charge is 2.16. The van der Waals surface area contributed by atoms with Crippen molar-refractivity contribution in [2.45, 2.75) is 47.0 Å². The molecule has 0 unspecified atom stereocenters. The second-order valence-electron chi connectivity index (χ2n) is 7.47. The van der Waals surface area contributed by atoms with Crippen molar-refractivity contribution in [1.82, 2.24) is 15.1 Å². The van der Waals surface area contributed by atoms with Crippen LogP contribution in [-0.2, 0) is 17.6 Å². The maximum atomic E-state index is 11.0. The molecule has 0 amide bonds. The molecule has 0 aliphatic carbocycles. The third kappa shape index (κ3) is 4.67. The molecule has 158 valence electrons. The first-order chi connectivity index (χ1) is 14.3. The van der Waals surface area contributed by atoms with Crippen molar-refractivity contribution in [3.63, 3.8) is 0 Å². The summed E-state index contributed by atoms with van der Waals surface area (Å²) in [5.41, 5.74) is 5.84. The molecule has 2 aromatic heterocycles. The second kappa shape index (κ2) is 9.07. The Balaban J connectivity index is 1.96. The van der Waals surface area contributed by atoms with Gasteiger partial charge in [-0.15, -0.1) is 0 Å². The first-order valence-electron chi connectivity index (χ1n) is 10.2. The zero-order valence-electron chi connectivity index (χ0n) is 18.2. The Morgan fingerprint density at radius 3 is 2.53 bits per heavy atom. The number of hydrogen-bond acceptors (Lipinski definition) is 6. The number of aryl methyl sites for hydroxylation is 3. The summed E-state index contributed by atoms with van der Waals surface area (Å²) in [7, 11) is 1.99. The Hall–Kier alpha value is -3.22. The summed E-state index contributed by atoms with van der Waals surface area (Å²) >= 11 is 0. The molecular weight excluding hydrogens is 380 g/mol. The van der Waals surface area contributed by atoms with E-state index in [0.717, 1.165) is 52.3 Å². The van der Waals surface area contributed by atoms with Crippen LogP contribution in [0.15, 0.2) is 28.8 Å². The summed E-state index contributed by atoms with van der Waals surface area (Å²) in [5, 5.41) is 13.2. The smallest absolute Gasteiger partial charge is 0.303 e.